The van der Waals surface area contributed by atoms with E-state index in [4.69, 9.17) is 23.0 Å². The van der Waals surface area contributed by atoms with Crippen LogP contribution in [0.25, 0.3) is 0 Å². The van der Waals surface area contributed by atoms with Crippen molar-refractivity contribution in [2.45, 2.75) is 25.7 Å². The minimum absolute atomic E-state index is 0.308. The maximum atomic E-state index is 11.6. The van der Waals surface area contributed by atoms with E-state index < -0.39 is 12.3 Å². The first kappa shape index (κ1) is 14.5. The van der Waals surface area contributed by atoms with E-state index in [1.165, 1.54) is 12.3 Å². The van der Waals surface area contributed by atoms with Crippen LogP contribution in [0.1, 0.15) is 37.3 Å². The van der Waals surface area contributed by atoms with Crippen LogP contribution in [-0.4, -0.2) is 12.6 Å². The molecule has 0 amide bonds. The summed E-state index contributed by atoms with van der Waals surface area (Å²) in [5, 5.41) is 0. The van der Waals surface area contributed by atoms with Gasteiger partial charge >= 0.3 is 5.97 Å². The lowest BCUT2D eigenvalue weighted by atomic mass is 10.1. The standard InChI is InChI=1S/C16H16O6/c1-2-18-15(17)10-11-9-14(12-5-3-7-19-12)22-16(21-11)13-6-4-8-20-13/h3-8,10,14,16H,2,9H2,1H3/b11-10+/t14-,16-/m0/s1. The van der Waals surface area contributed by atoms with Crippen LogP contribution in [0.2, 0.25) is 0 Å². The zero-order valence-corrected chi connectivity index (χ0v) is 12.1. The van der Waals surface area contributed by atoms with Crippen molar-refractivity contribution >= 4 is 5.97 Å². The molecule has 0 spiro atoms. The van der Waals surface area contributed by atoms with Gasteiger partial charge in [-0.15, -0.1) is 0 Å². The molecule has 6 nitrogen and oxygen atoms in total. The fraction of sp³-hybridized carbons (Fsp3) is 0.312. The fourth-order valence-corrected chi connectivity index (χ4v) is 2.19. The van der Waals surface area contributed by atoms with E-state index in [0.717, 1.165) is 0 Å². The molecule has 3 rings (SSSR count). The summed E-state index contributed by atoms with van der Waals surface area (Å²) in [4.78, 5) is 11.6. The van der Waals surface area contributed by atoms with Gasteiger partial charge in [-0.1, -0.05) is 0 Å². The number of carbonyl (C=O) groups is 1. The SMILES string of the molecule is CCOC(=O)/C=C1\C[C@@H](c2ccco2)O[C@@H](c2ccco2)O1. The van der Waals surface area contributed by atoms with Crippen molar-refractivity contribution in [3.63, 3.8) is 0 Å². The van der Waals surface area contributed by atoms with Crippen molar-refractivity contribution < 1.29 is 27.8 Å². The summed E-state index contributed by atoms with van der Waals surface area (Å²) in [6, 6.07) is 7.09. The Balaban J connectivity index is 1.83. The lowest BCUT2D eigenvalue weighted by Crippen LogP contribution is -2.20. The third kappa shape index (κ3) is 3.23. The molecule has 116 valence electrons. The Morgan fingerprint density at radius 1 is 1.27 bits per heavy atom. The monoisotopic (exact) mass is 304 g/mol. The molecule has 0 radical (unpaired) electrons. The Morgan fingerprint density at radius 2 is 2.00 bits per heavy atom. The van der Waals surface area contributed by atoms with E-state index in [2.05, 4.69) is 0 Å². The molecule has 1 saturated heterocycles. The van der Waals surface area contributed by atoms with Crippen molar-refractivity contribution in [1.82, 2.24) is 0 Å². The summed E-state index contributed by atoms with van der Waals surface area (Å²) in [5.74, 6) is 1.20. The normalized spacial score (nSPS) is 23.2. The van der Waals surface area contributed by atoms with Crippen LogP contribution in [0.5, 0.6) is 0 Å². The molecule has 2 aromatic heterocycles. The van der Waals surface area contributed by atoms with Gasteiger partial charge in [-0.3, -0.25) is 0 Å². The number of hydrogen-bond donors (Lipinski definition) is 0. The molecule has 22 heavy (non-hydrogen) atoms. The van der Waals surface area contributed by atoms with Crippen LogP contribution in [0.4, 0.5) is 0 Å². The molecular weight excluding hydrogens is 288 g/mol. The molecule has 0 bridgehead atoms. The van der Waals surface area contributed by atoms with Crippen LogP contribution in [0, 0.1) is 0 Å². The van der Waals surface area contributed by atoms with Crippen LogP contribution in [-0.2, 0) is 19.0 Å². The highest BCUT2D eigenvalue weighted by Gasteiger charge is 2.32. The van der Waals surface area contributed by atoms with Gasteiger partial charge in [0, 0.05) is 6.42 Å². The van der Waals surface area contributed by atoms with E-state index in [9.17, 15) is 4.79 Å². The van der Waals surface area contributed by atoms with Crippen LogP contribution >= 0.6 is 0 Å². The van der Waals surface area contributed by atoms with Gasteiger partial charge in [-0.2, -0.15) is 0 Å². The van der Waals surface area contributed by atoms with Crippen molar-refractivity contribution in [3.05, 3.63) is 60.1 Å². The number of hydrogen-bond acceptors (Lipinski definition) is 6. The van der Waals surface area contributed by atoms with E-state index in [0.29, 0.717) is 30.3 Å². The molecule has 0 saturated carbocycles. The average molecular weight is 304 g/mol. The third-order valence-corrected chi connectivity index (χ3v) is 3.13. The first-order chi connectivity index (χ1) is 10.8. The van der Waals surface area contributed by atoms with Gasteiger partial charge in [0.2, 0.25) is 0 Å². The summed E-state index contributed by atoms with van der Waals surface area (Å²) in [7, 11) is 0. The quantitative estimate of drug-likeness (QED) is 0.636. The second kappa shape index (κ2) is 6.53. The van der Waals surface area contributed by atoms with Crippen molar-refractivity contribution in [2.24, 2.45) is 0 Å². The molecule has 0 aliphatic carbocycles. The maximum absolute atomic E-state index is 11.6. The lowest BCUT2D eigenvalue weighted by Gasteiger charge is -2.30. The minimum Gasteiger partial charge on any atom is -0.467 e. The first-order valence-electron chi connectivity index (χ1n) is 7.02. The van der Waals surface area contributed by atoms with Gasteiger partial charge in [0.1, 0.15) is 17.6 Å². The number of rotatable bonds is 4. The highest BCUT2D eigenvalue weighted by molar-refractivity contribution is 5.82. The second-order valence-electron chi connectivity index (χ2n) is 4.67. The molecule has 0 unspecified atom stereocenters. The van der Waals surface area contributed by atoms with E-state index in [-0.39, 0.29) is 6.10 Å². The minimum atomic E-state index is -0.737. The largest absolute Gasteiger partial charge is 0.467 e. The van der Waals surface area contributed by atoms with Crippen LogP contribution < -0.4 is 0 Å². The zero-order chi connectivity index (χ0) is 15.4. The predicted octanol–water partition coefficient (Wildman–Crippen LogP) is 3.50. The highest BCUT2D eigenvalue weighted by atomic mass is 16.7. The Labute approximate surface area is 127 Å². The molecule has 6 heteroatoms. The van der Waals surface area contributed by atoms with Crippen LogP contribution in [0.3, 0.4) is 0 Å². The number of ether oxygens (including phenoxy) is 3. The van der Waals surface area contributed by atoms with Gasteiger partial charge in [0.25, 0.3) is 6.29 Å². The second-order valence-corrected chi connectivity index (χ2v) is 4.67. The highest BCUT2D eigenvalue weighted by Crippen LogP contribution is 2.39. The summed E-state index contributed by atoms with van der Waals surface area (Å²) < 4.78 is 27.1. The molecule has 3 heterocycles. The van der Waals surface area contributed by atoms with Crippen molar-refractivity contribution in [1.29, 1.82) is 0 Å². The average Bonchev–Trinajstić information content (AvgIpc) is 3.21. The van der Waals surface area contributed by atoms with Crippen molar-refractivity contribution in [3.8, 4) is 0 Å². The Hall–Kier alpha value is -2.47. The van der Waals surface area contributed by atoms with Gasteiger partial charge in [0.05, 0.1) is 25.2 Å². The zero-order valence-electron chi connectivity index (χ0n) is 12.1. The fourth-order valence-electron chi connectivity index (χ4n) is 2.19. The van der Waals surface area contributed by atoms with Crippen LogP contribution in [0.15, 0.2) is 57.5 Å². The Kier molecular flexibility index (Phi) is 4.29. The molecule has 2 atom stereocenters. The first-order valence-corrected chi connectivity index (χ1v) is 7.02. The molecular formula is C16H16O6. The number of carbonyl (C=O) groups excluding carboxylic acids is 1. The third-order valence-electron chi connectivity index (χ3n) is 3.13. The van der Waals surface area contributed by atoms with Gasteiger partial charge < -0.3 is 23.0 Å². The van der Waals surface area contributed by atoms with E-state index >= 15 is 0 Å². The maximum Gasteiger partial charge on any atom is 0.334 e. The molecule has 1 aliphatic rings. The Morgan fingerprint density at radius 3 is 2.64 bits per heavy atom. The van der Waals surface area contributed by atoms with Gasteiger partial charge in [-0.05, 0) is 31.2 Å². The summed E-state index contributed by atoms with van der Waals surface area (Å²) in [6.45, 7) is 2.06. The topological polar surface area (TPSA) is 71.0 Å². The summed E-state index contributed by atoms with van der Waals surface area (Å²) in [6.07, 6.45) is 3.72. The smallest absolute Gasteiger partial charge is 0.334 e. The molecule has 0 N–H and O–H groups in total. The van der Waals surface area contributed by atoms with Gasteiger partial charge in [-0.25, -0.2) is 4.79 Å². The molecule has 0 aromatic carbocycles. The lowest BCUT2D eigenvalue weighted by molar-refractivity contribution is -0.203. The number of esters is 1. The van der Waals surface area contributed by atoms with E-state index in [1.54, 1.807) is 31.4 Å². The molecule has 1 fully saturated rings. The summed E-state index contributed by atoms with van der Waals surface area (Å²) >= 11 is 0. The number of furan rings is 2. The Bertz CT molecular complexity index is 581. The van der Waals surface area contributed by atoms with E-state index in [1.807, 2.05) is 6.07 Å². The molecule has 2 aromatic rings. The van der Waals surface area contributed by atoms with Crippen molar-refractivity contribution in [2.75, 3.05) is 6.61 Å². The molecule has 1 aliphatic heterocycles. The predicted molar refractivity (Wildman–Crippen MR) is 74.4 cm³/mol. The summed E-state index contributed by atoms with van der Waals surface area (Å²) in [5.41, 5.74) is 0. The van der Waals surface area contributed by atoms with Gasteiger partial charge in [0.15, 0.2) is 5.76 Å².